The summed E-state index contributed by atoms with van der Waals surface area (Å²) >= 11 is 0. The summed E-state index contributed by atoms with van der Waals surface area (Å²) in [5.74, 6) is 0.751. The minimum absolute atomic E-state index is 0.0240. The van der Waals surface area contributed by atoms with Crippen LogP contribution in [0.5, 0.6) is 5.75 Å². The first-order valence-electron chi connectivity index (χ1n) is 7.65. The van der Waals surface area contributed by atoms with Crippen LogP contribution in [0.4, 0.5) is 5.69 Å². The van der Waals surface area contributed by atoms with Crippen LogP contribution in [0, 0.1) is 0 Å². The first-order chi connectivity index (χ1) is 10.9. The lowest BCUT2D eigenvalue weighted by molar-refractivity contribution is -0.122. The molecule has 1 aliphatic heterocycles. The molecule has 0 fully saturated rings. The third-order valence-electron chi connectivity index (χ3n) is 3.90. The molecule has 0 saturated carbocycles. The van der Waals surface area contributed by atoms with Gasteiger partial charge < -0.3 is 15.8 Å². The van der Waals surface area contributed by atoms with Crippen molar-refractivity contribution in [2.45, 2.75) is 44.8 Å². The highest BCUT2D eigenvalue weighted by atomic mass is 16.5. The van der Waals surface area contributed by atoms with Gasteiger partial charge in [0.15, 0.2) is 0 Å². The Hall–Kier alpha value is -2.57. The predicted molar refractivity (Wildman–Crippen MR) is 85.8 cm³/mol. The molecule has 4 N–H and O–H groups in total. The largest absolute Gasteiger partial charge is 0.487 e. The number of nitrogens with one attached hydrogen (secondary N) is 2. The van der Waals surface area contributed by atoms with Gasteiger partial charge in [0, 0.05) is 30.5 Å². The molecule has 2 heterocycles. The summed E-state index contributed by atoms with van der Waals surface area (Å²) in [6.07, 6.45) is 3.24. The van der Waals surface area contributed by atoms with E-state index in [2.05, 4.69) is 20.7 Å². The number of hydrogen-bond donors (Lipinski definition) is 3. The maximum atomic E-state index is 12.3. The van der Waals surface area contributed by atoms with Crippen LogP contribution in [0.2, 0.25) is 0 Å². The molecular weight excluding hydrogens is 294 g/mol. The molecule has 0 spiro atoms. The number of hydrogen-bond acceptors (Lipinski definition) is 5. The van der Waals surface area contributed by atoms with Crippen molar-refractivity contribution < 1.29 is 9.53 Å². The van der Waals surface area contributed by atoms with Crippen molar-refractivity contribution in [2.24, 2.45) is 0 Å². The second-order valence-corrected chi connectivity index (χ2v) is 6.44. The molecule has 122 valence electrons. The summed E-state index contributed by atoms with van der Waals surface area (Å²) in [7, 11) is 0. The number of aromatic amines is 1. The molecule has 1 aromatic carbocycles. The molecule has 1 aliphatic rings. The lowest BCUT2D eigenvalue weighted by atomic mass is 9.89. The zero-order valence-electron chi connectivity index (χ0n) is 13.3. The van der Waals surface area contributed by atoms with Crippen LogP contribution in [0.3, 0.4) is 0 Å². The molecule has 1 aromatic heterocycles. The van der Waals surface area contributed by atoms with E-state index in [1.54, 1.807) is 6.20 Å². The molecule has 3 rings (SSSR count). The molecule has 1 amide bonds. The molecule has 0 radical (unpaired) electrons. The lowest BCUT2D eigenvalue weighted by Gasteiger charge is -2.38. The van der Waals surface area contributed by atoms with Crippen molar-refractivity contribution in [1.29, 1.82) is 0 Å². The fourth-order valence-electron chi connectivity index (χ4n) is 2.86. The van der Waals surface area contributed by atoms with Gasteiger partial charge in [-0.15, -0.1) is 0 Å². The minimum atomic E-state index is -0.340. The Morgan fingerprint density at radius 2 is 2.35 bits per heavy atom. The zero-order valence-corrected chi connectivity index (χ0v) is 13.3. The average Bonchev–Trinajstić information content (AvgIpc) is 2.98. The number of carbonyl (C=O) groups excluding carboxylic acids is 1. The Morgan fingerprint density at radius 3 is 3.09 bits per heavy atom. The highest BCUT2D eigenvalue weighted by molar-refractivity contribution is 5.77. The van der Waals surface area contributed by atoms with Crippen LogP contribution < -0.4 is 15.8 Å². The Kier molecular flexibility index (Phi) is 3.94. The standard InChI is InChI=1S/C16H21N5O2/c1-16(2)8-13(12-7-10(17)3-5-14(12)23-16)19-15(22)6-4-11-9-18-21-20-11/h3,5,7,9,13H,4,6,8,17H2,1-2H3,(H,19,22)(H,18,20,21). The van der Waals surface area contributed by atoms with Gasteiger partial charge in [-0.2, -0.15) is 15.4 Å². The molecule has 1 atom stereocenters. The molecule has 0 saturated heterocycles. The van der Waals surface area contributed by atoms with Crippen LogP contribution >= 0.6 is 0 Å². The van der Waals surface area contributed by atoms with Crippen LogP contribution in [0.25, 0.3) is 0 Å². The number of amides is 1. The Balaban J connectivity index is 1.71. The zero-order chi connectivity index (χ0) is 16.4. The number of ether oxygens (including phenoxy) is 1. The molecule has 0 bridgehead atoms. The smallest absolute Gasteiger partial charge is 0.220 e. The van der Waals surface area contributed by atoms with Crippen molar-refractivity contribution in [3.8, 4) is 5.75 Å². The number of anilines is 1. The van der Waals surface area contributed by atoms with Gasteiger partial charge in [-0.25, -0.2) is 0 Å². The number of benzene rings is 1. The van der Waals surface area contributed by atoms with Gasteiger partial charge in [-0.3, -0.25) is 4.79 Å². The molecular formula is C16H21N5O2. The van der Waals surface area contributed by atoms with Crippen molar-refractivity contribution in [1.82, 2.24) is 20.7 Å². The summed E-state index contributed by atoms with van der Waals surface area (Å²) < 4.78 is 5.98. The molecule has 0 aliphatic carbocycles. The van der Waals surface area contributed by atoms with Crippen molar-refractivity contribution >= 4 is 11.6 Å². The van der Waals surface area contributed by atoms with Crippen LogP contribution in [-0.2, 0) is 11.2 Å². The van der Waals surface area contributed by atoms with E-state index < -0.39 is 0 Å². The van der Waals surface area contributed by atoms with Gasteiger partial charge in [0.25, 0.3) is 0 Å². The topological polar surface area (TPSA) is 106 Å². The number of nitrogens with zero attached hydrogens (tertiary/aromatic N) is 2. The van der Waals surface area contributed by atoms with Crippen molar-refractivity contribution in [3.63, 3.8) is 0 Å². The monoisotopic (exact) mass is 315 g/mol. The quantitative estimate of drug-likeness (QED) is 0.745. The Morgan fingerprint density at radius 1 is 1.52 bits per heavy atom. The van der Waals surface area contributed by atoms with E-state index in [9.17, 15) is 4.79 Å². The van der Waals surface area contributed by atoms with E-state index in [0.717, 1.165) is 17.0 Å². The number of carbonyl (C=O) groups is 1. The maximum Gasteiger partial charge on any atom is 0.220 e. The van der Waals surface area contributed by atoms with Crippen LogP contribution in [0.15, 0.2) is 24.4 Å². The molecule has 2 aromatic rings. The minimum Gasteiger partial charge on any atom is -0.487 e. The van der Waals surface area contributed by atoms with E-state index >= 15 is 0 Å². The number of rotatable bonds is 4. The Bertz CT molecular complexity index is 697. The number of aromatic nitrogens is 3. The van der Waals surface area contributed by atoms with Gasteiger partial charge in [0.2, 0.25) is 5.91 Å². The van der Waals surface area contributed by atoms with E-state index in [4.69, 9.17) is 10.5 Å². The van der Waals surface area contributed by atoms with Crippen molar-refractivity contribution in [3.05, 3.63) is 35.7 Å². The molecule has 7 heteroatoms. The summed E-state index contributed by atoms with van der Waals surface area (Å²) in [6, 6.07) is 5.43. The highest BCUT2D eigenvalue weighted by Crippen LogP contribution is 2.40. The SMILES string of the molecule is CC1(C)CC(NC(=O)CCc2cn[nH]n2)c2cc(N)ccc2O1. The number of aryl methyl sites for hydroxylation is 1. The summed E-state index contributed by atoms with van der Waals surface area (Å²) in [6.45, 7) is 4.03. The third kappa shape index (κ3) is 3.61. The number of nitrogens with two attached hydrogens (primary N) is 1. The second-order valence-electron chi connectivity index (χ2n) is 6.44. The average molecular weight is 315 g/mol. The summed E-state index contributed by atoms with van der Waals surface area (Å²) in [5, 5.41) is 13.3. The lowest BCUT2D eigenvalue weighted by Crippen LogP contribution is -2.41. The van der Waals surface area contributed by atoms with Gasteiger partial charge >= 0.3 is 0 Å². The van der Waals surface area contributed by atoms with E-state index in [1.165, 1.54) is 0 Å². The molecule has 7 nitrogen and oxygen atoms in total. The van der Waals surface area contributed by atoms with E-state index in [-0.39, 0.29) is 17.6 Å². The normalized spacial score (nSPS) is 18.8. The first-order valence-corrected chi connectivity index (χ1v) is 7.65. The summed E-state index contributed by atoms with van der Waals surface area (Å²) in [5.41, 5.74) is 7.90. The van der Waals surface area contributed by atoms with Gasteiger partial charge in [-0.1, -0.05) is 0 Å². The fourth-order valence-corrected chi connectivity index (χ4v) is 2.86. The number of nitrogen functional groups attached to an aromatic ring is 1. The molecule has 1 unspecified atom stereocenters. The van der Waals surface area contributed by atoms with E-state index in [0.29, 0.717) is 24.9 Å². The fraction of sp³-hybridized carbons (Fsp3) is 0.438. The Labute approximate surface area is 134 Å². The third-order valence-corrected chi connectivity index (χ3v) is 3.90. The predicted octanol–water partition coefficient (Wildman–Crippen LogP) is 1.74. The number of H-pyrrole nitrogens is 1. The molecule has 23 heavy (non-hydrogen) atoms. The van der Waals surface area contributed by atoms with Gasteiger partial charge in [0.1, 0.15) is 11.4 Å². The highest BCUT2D eigenvalue weighted by Gasteiger charge is 2.34. The van der Waals surface area contributed by atoms with Crippen LogP contribution in [0.1, 0.15) is 44.0 Å². The second kappa shape index (κ2) is 5.91. The van der Waals surface area contributed by atoms with Crippen LogP contribution in [-0.4, -0.2) is 26.9 Å². The van der Waals surface area contributed by atoms with Gasteiger partial charge in [-0.05, 0) is 32.0 Å². The van der Waals surface area contributed by atoms with Crippen molar-refractivity contribution in [2.75, 3.05) is 5.73 Å². The summed E-state index contributed by atoms with van der Waals surface area (Å²) in [4.78, 5) is 12.3. The van der Waals surface area contributed by atoms with Gasteiger partial charge in [0.05, 0.1) is 17.9 Å². The maximum absolute atomic E-state index is 12.3. The number of fused-ring (bicyclic) bond motifs is 1. The van der Waals surface area contributed by atoms with E-state index in [1.807, 2.05) is 32.0 Å². The first kappa shape index (κ1) is 15.3.